The van der Waals surface area contributed by atoms with Crippen molar-refractivity contribution in [2.75, 3.05) is 0 Å². The van der Waals surface area contributed by atoms with Gasteiger partial charge in [-0.2, -0.15) is 5.10 Å². The smallest absolute Gasteiger partial charge is 0.162 e. The summed E-state index contributed by atoms with van der Waals surface area (Å²) in [5.41, 5.74) is 6.53. The second-order valence-corrected chi connectivity index (χ2v) is 6.78. The molecule has 0 radical (unpaired) electrons. The van der Waals surface area contributed by atoms with Crippen LogP contribution in [0.25, 0.3) is 27.9 Å². The molecule has 136 valence electrons. The van der Waals surface area contributed by atoms with Crippen molar-refractivity contribution in [1.82, 2.24) is 24.1 Å². The van der Waals surface area contributed by atoms with Crippen LogP contribution in [0.4, 0.5) is 0 Å². The predicted molar refractivity (Wildman–Crippen MR) is 110 cm³/mol. The first-order valence-electron chi connectivity index (χ1n) is 9.31. The summed E-state index contributed by atoms with van der Waals surface area (Å²) in [5.74, 6) is 0. The fourth-order valence-corrected chi connectivity index (χ4v) is 3.39. The third-order valence-electron chi connectivity index (χ3n) is 4.95. The van der Waals surface area contributed by atoms with Crippen LogP contribution in [0, 0.1) is 0 Å². The standard InChI is InChI=1S/C23H19N5/c1-2-4-20(5-3-1)22-15-26-28-16-21(14-25-23(22)28)19-8-6-18(7-9-19)10-12-27-13-11-24-17-27/h1-9,11,13-17H,10,12H2. The van der Waals surface area contributed by atoms with Crippen molar-refractivity contribution in [2.45, 2.75) is 13.0 Å². The van der Waals surface area contributed by atoms with Gasteiger partial charge in [-0.15, -0.1) is 0 Å². The summed E-state index contributed by atoms with van der Waals surface area (Å²) in [6, 6.07) is 18.9. The number of hydrogen-bond donors (Lipinski definition) is 0. The van der Waals surface area contributed by atoms with Crippen molar-refractivity contribution >= 4 is 5.65 Å². The molecule has 0 bridgehead atoms. The summed E-state index contributed by atoms with van der Waals surface area (Å²) < 4.78 is 3.94. The van der Waals surface area contributed by atoms with Crippen LogP contribution in [0.5, 0.6) is 0 Å². The van der Waals surface area contributed by atoms with Crippen LogP contribution in [-0.2, 0) is 13.0 Å². The number of aromatic nitrogens is 5. The van der Waals surface area contributed by atoms with E-state index < -0.39 is 0 Å². The molecule has 0 saturated heterocycles. The number of nitrogens with zero attached hydrogens (tertiary/aromatic N) is 5. The third-order valence-corrected chi connectivity index (χ3v) is 4.95. The Morgan fingerprint density at radius 1 is 0.821 bits per heavy atom. The molecule has 0 saturated carbocycles. The molecular weight excluding hydrogens is 346 g/mol. The monoisotopic (exact) mass is 365 g/mol. The van der Waals surface area contributed by atoms with E-state index in [4.69, 9.17) is 0 Å². The first-order chi connectivity index (χ1) is 13.9. The van der Waals surface area contributed by atoms with Crippen molar-refractivity contribution in [3.8, 4) is 22.3 Å². The van der Waals surface area contributed by atoms with E-state index in [1.165, 1.54) is 5.56 Å². The number of imidazole rings is 1. The van der Waals surface area contributed by atoms with Crippen LogP contribution in [0.2, 0.25) is 0 Å². The average Bonchev–Trinajstić information content (AvgIpc) is 3.43. The van der Waals surface area contributed by atoms with Gasteiger partial charge in [-0.1, -0.05) is 54.6 Å². The Bertz CT molecular complexity index is 1190. The van der Waals surface area contributed by atoms with Crippen molar-refractivity contribution in [3.63, 3.8) is 0 Å². The Kier molecular flexibility index (Phi) is 4.18. The maximum Gasteiger partial charge on any atom is 0.162 e. The van der Waals surface area contributed by atoms with Crippen molar-refractivity contribution in [2.24, 2.45) is 0 Å². The zero-order chi connectivity index (χ0) is 18.8. The minimum atomic E-state index is 0.868. The Hall–Kier alpha value is -3.73. The summed E-state index contributed by atoms with van der Waals surface area (Å²) in [7, 11) is 0. The van der Waals surface area contributed by atoms with E-state index in [9.17, 15) is 0 Å². The molecule has 5 aromatic rings. The van der Waals surface area contributed by atoms with Crippen LogP contribution < -0.4 is 0 Å². The van der Waals surface area contributed by atoms with Crippen molar-refractivity contribution in [3.05, 3.63) is 97.5 Å². The lowest BCUT2D eigenvalue weighted by Crippen LogP contribution is -1.98. The van der Waals surface area contributed by atoms with Crippen molar-refractivity contribution < 1.29 is 0 Å². The predicted octanol–water partition coefficient (Wildman–Crippen LogP) is 4.50. The van der Waals surface area contributed by atoms with Gasteiger partial charge in [-0.05, 0) is 23.1 Å². The molecule has 0 atom stereocenters. The number of aryl methyl sites for hydroxylation is 2. The van der Waals surface area contributed by atoms with E-state index >= 15 is 0 Å². The molecule has 0 amide bonds. The van der Waals surface area contributed by atoms with Gasteiger partial charge in [0.1, 0.15) is 0 Å². The minimum Gasteiger partial charge on any atom is -0.337 e. The highest BCUT2D eigenvalue weighted by Crippen LogP contribution is 2.25. The van der Waals surface area contributed by atoms with E-state index in [-0.39, 0.29) is 0 Å². The van der Waals surface area contributed by atoms with E-state index in [1.54, 1.807) is 0 Å². The van der Waals surface area contributed by atoms with E-state index in [0.29, 0.717) is 0 Å². The number of hydrogen-bond acceptors (Lipinski definition) is 3. The number of fused-ring (bicyclic) bond motifs is 1. The first kappa shape index (κ1) is 16.4. The van der Waals surface area contributed by atoms with E-state index in [2.05, 4.69) is 56.0 Å². The van der Waals surface area contributed by atoms with Crippen LogP contribution >= 0.6 is 0 Å². The summed E-state index contributed by atoms with van der Waals surface area (Å²) in [6.45, 7) is 0.933. The third kappa shape index (κ3) is 3.18. The largest absolute Gasteiger partial charge is 0.337 e. The number of benzene rings is 2. The van der Waals surface area contributed by atoms with Gasteiger partial charge in [0, 0.05) is 42.5 Å². The van der Waals surface area contributed by atoms with Crippen LogP contribution in [0.3, 0.4) is 0 Å². The van der Waals surface area contributed by atoms with Gasteiger partial charge in [-0.25, -0.2) is 14.5 Å². The molecule has 0 fully saturated rings. The molecule has 28 heavy (non-hydrogen) atoms. The maximum absolute atomic E-state index is 4.68. The topological polar surface area (TPSA) is 48.0 Å². The highest BCUT2D eigenvalue weighted by molar-refractivity contribution is 5.77. The molecule has 2 aromatic carbocycles. The van der Waals surface area contributed by atoms with Gasteiger partial charge < -0.3 is 4.57 Å². The quantitative estimate of drug-likeness (QED) is 0.461. The molecule has 0 aliphatic rings. The molecule has 5 rings (SSSR count). The van der Waals surface area contributed by atoms with Gasteiger partial charge in [-0.3, -0.25) is 0 Å². The summed E-state index contributed by atoms with van der Waals surface area (Å²) in [4.78, 5) is 8.76. The average molecular weight is 365 g/mol. The molecule has 0 aliphatic carbocycles. The molecule has 0 aliphatic heterocycles. The van der Waals surface area contributed by atoms with Crippen molar-refractivity contribution in [1.29, 1.82) is 0 Å². The SMILES string of the molecule is c1ccc(-c2cnn3cc(-c4ccc(CCn5ccnc5)cc4)cnc23)cc1. The Balaban J connectivity index is 1.39. The lowest BCUT2D eigenvalue weighted by atomic mass is 10.1. The zero-order valence-electron chi connectivity index (χ0n) is 15.3. The summed E-state index contributed by atoms with van der Waals surface area (Å²) in [6.07, 6.45) is 12.5. The van der Waals surface area contributed by atoms with Gasteiger partial charge in [0.25, 0.3) is 0 Å². The van der Waals surface area contributed by atoms with E-state index in [1.807, 2.05) is 60.0 Å². The molecule has 5 heteroatoms. The summed E-state index contributed by atoms with van der Waals surface area (Å²) in [5, 5.41) is 4.50. The van der Waals surface area contributed by atoms with Gasteiger partial charge in [0.05, 0.1) is 12.5 Å². The van der Waals surface area contributed by atoms with Crippen LogP contribution in [0.15, 0.2) is 91.9 Å². The lowest BCUT2D eigenvalue weighted by Gasteiger charge is -2.06. The minimum absolute atomic E-state index is 0.868. The molecule has 3 aromatic heterocycles. The second-order valence-electron chi connectivity index (χ2n) is 6.78. The fourth-order valence-electron chi connectivity index (χ4n) is 3.39. The zero-order valence-corrected chi connectivity index (χ0v) is 15.3. The molecular formula is C23H19N5. The highest BCUT2D eigenvalue weighted by Gasteiger charge is 2.09. The van der Waals surface area contributed by atoms with Gasteiger partial charge >= 0.3 is 0 Å². The lowest BCUT2D eigenvalue weighted by molar-refractivity contribution is 0.696. The second kappa shape index (κ2) is 7.12. The molecule has 0 unspecified atom stereocenters. The normalized spacial score (nSPS) is 11.1. The Morgan fingerprint density at radius 3 is 2.46 bits per heavy atom. The molecule has 5 nitrogen and oxygen atoms in total. The fraction of sp³-hybridized carbons (Fsp3) is 0.0870. The van der Waals surface area contributed by atoms with Gasteiger partial charge in [0.2, 0.25) is 0 Å². The number of rotatable bonds is 5. The maximum atomic E-state index is 4.68. The van der Waals surface area contributed by atoms with Crippen LogP contribution in [0.1, 0.15) is 5.56 Å². The van der Waals surface area contributed by atoms with E-state index in [0.717, 1.165) is 40.9 Å². The summed E-state index contributed by atoms with van der Waals surface area (Å²) >= 11 is 0. The molecule has 3 heterocycles. The highest BCUT2D eigenvalue weighted by atomic mass is 15.2. The Labute approximate surface area is 162 Å². The molecule has 0 N–H and O–H groups in total. The van der Waals surface area contributed by atoms with Gasteiger partial charge in [0.15, 0.2) is 5.65 Å². The first-order valence-corrected chi connectivity index (χ1v) is 9.31. The molecule has 0 spiro atoms. The Morgan fingerprint density at radius 2 is 1.68 bits per heavy atom. The van der Waals surface area contributed by atoms with Crippen LogP contribution in [-0.4, -0.2) is 24.1 Å².